The number of amides is 1. The van der Waals surface area contributed by atoms with Gasteiger partial charge in [-0.25, -0.2) is 15.0 Å². The minimum absolute atomic E-state index is 0.217. The van der Waals surface area contributed by atoms with Gasteiger partial charge in [-0.15, -0.1) is 0 Å². The zero-order chi connectivity index (χ0) is 13.5. The molecule has 2 aromatic rings. The summed E-state index contributed by atoms with van der Waals surface area (Å²) in [6, 6.07) is 3.30. The Balaban J connectivity index is 2.13. The van der Waals surface area contributed by atoms with Crippen LogP contribution in [0, 0.1) is 11.8 Å². The van der Waals surface area contributed by atoms with E-state index in [9.17, 15) is 4.79 Å². The van der Waals surface area contributed by atoms with E-state index in [1.54, 1.807) is 12.1 Å². The molecule has 1 amide bonds. The van der Waals surface area contributed by atoms with Crippen molar-refractivity contribution in [2.45, 2.75) is 0 Å². The van der Waals surface area contributed by atoms with Crippen molar-refractivity contribution in [1.82, 2.24) is 15.0 Å². The van der Waals surface area contributed by atoms with Crippen molar-refractivity contribution in [3.05, 3.63) is 48.2 Å². The fraction of sp³-hybridized carbons (Fsp3) is 0.0769. The maximum atomic E-state index is 11.8. The normalized spacial score (nSPS) is 9.32. The molecular formula is C13H10N4O2. The van der Waals surface area contributed by atoms with Gasteiger partial charge in [-0.3, -0.25) is 4.79 Å². The van der Waals surface area contributed by atoms with Gasteiger partial charge in [-0.1, -0.05) is 11.8 Å². The number of carbonyl (C=O) groups excluding carboxylic acids is 1. The first-order valence-corrected chi connectivity index (χ1v) is 5.42. The van der Waals surface area contributed by atoms with Crippen LogP contribution >= 0.6 is 0 Å². The molecule has 19 heavy (non-hydrogen) atoms. The smallest absolute Gasteiger partial charge is 0.259 e. The van der Waals surface area contributed by atoms with Gasteiger partial charge in [-0.05, 0) is 12.1 Å². The van der Waals surface area contributed by atoms with Crippen LogP contribution in [0.5, 0.6) is 0 Å². The third kappa shape index (κ3) is 3.59. The molecule has 0 spiro atoms. The fourth-order valence-corrected chi connectivity index (χ4v) is 1.32. The van der Waals surface area contributed by atoms with Gasteiger partial charge in [-0.2, -0.15) is 0 Å². The van der Waals surface area contributed by atoms with E-state index < -0.39 is 0 Å². The number of nitrogens with zero attached hydrogens (tertiary/aromatic N) is 3. The second-order valence-corrected chi connectivity index (χ2v) is 3.47. The van der Waals surface area contributed by atoms with E-state index in [-0.39, 0.29) is 12.5 Å². The van der Waals surface area contributed by atoms with Gasteiger partial charge >= 0.3 is 0 Å². The van der Waals surface area contributed by atoms with E-state index in [0.29, 0.717) is 16.9 Å². The standard InChI is InChI=1S/C13H10N4O2/c18-5-1-2-10-3-4-16-12(6-10)17-13(19)11-7-14-9-15-8-11/h3-4,6-9,18H,5H2,(H,16,17,19). The first-order chi connectivity index (χ1) is 9.29. The average molecular weight is 254 g/mol. The van der Waals surface area contributed by atoms with Crippen molar-refractivity contribution in [3.8, 4) is 11.8 Å². The molecule has 0 aromatic carbocycles. The number of carbonyl (C=O) groups is 1. The molecule has 0 aliphatic carbocycles. The molecule has 94 valence electrons. The summed E-state index contributed by atoms with van der Waals surface area (Å²) in [7, 11) is 0. The molecule has 2 N–H and O–H groups in total. The summed E-state index contributed by atoms with van der Waals surface area (Å²) in [5.41, 5.74) is 1.000. The van der Waals surface area contributed by atoms with Gasteiger partial charge in [0.25, 0.3) is 5.91 Å². The monoisotopic (exact) mass is 254 g/mol. The highest BCUT2D eigenvalue weighted by Crippen LogP contribution is 2.07. The summed E-state index contributed by atoms with van der Waals surface area (Å²) in [5.74, 6) is 5.28. The van der Waals surface area contributed by atoms with E-state index >= 15 is 0 Å². The van der Waals surface area contributed by atoms with E-state index in [4.69, 9.17) is 5.11 Å². The lowest BCUT2D eigenvalue weighted by atomic mass is 10.2. The van der Waals surface area contributed by atoms with Crippen molar-refractivity contribution >= 4 is 11.7 Å². The largest absolute Gasteiger partial charge is 0.384 e. The number of anilines is 1. The minimum atomic E-state index is -0.347. The van der Waals surface area contributed by atoms with Gasteiger partial charge in [0.1, 0.15) is 18.8 Å². The Kier molecular flexibility index (Phi) is 4.16. The van der Waals surface area contributed by atoms with Crippen molar-refractivity contribution in [3.63, 3.8) is 0 Å². The predicted molar refractivity (Wildman–Crippen MR) is 68.2 cm³/mol. The zero-order valence-corrected chi connectivity index (χ0v) is 9.87. The molecule has 0 saturated carbocycles. The highest BCUT2D eigenvalue weighted by Gasteiger charge is 2.06. The quantitative estimate of drug-likeness (QED) is 0.760. The lowest BCUT2D eigenvalue weighted by Crippen LogP contribution is -2.13. The van der Waals surface area contributed by atoms with Crippen molar-refractivity contribution in [1.29, 1.82) is 0 Å². The number of rotatable bonds is 2. The van der Waals surface area contributed by atoms with Crippen LogP contribution in [-0.2, 0) is 0 Å². The molecule has 0 unspecified atom stereocenters. The van der Waals surface area contributed by atoms with Crippen LogP contribution in [0.3, 0.4) is 0 Å². The van der Waals surface area contributed by atoms with Crippen LogP contribution in [0.1, 0.15) is 15.9 Å². The SMILES string of the molecule is O=C(Nc1cc(C#CCO)ccn1)c1cncnc1. The Hall–Kier alpha value is -2.78. The highest BCUT2D eigenvalue weighted by atomic mass is 16.2. The third-order valence-corrected chi connectivity index (χ3v) is 2.14. The lowest BCUT2D eigenvalue weighted by Gasteiger charge is -2.03. The average Bonchev–Trinajstić information content (AvgIpc) is 2.46. The summed E-state index contributed by atoms with van der Waals surface area (Å²) in [6.07, 6.45) is 5.70. The first kappa shape index (κ1) is 12.7. The molecule has 0 radical (unpaired) electrons. The van der Waals surface area contributed by atoms with E-state index in [1.165, 1.54) is 24.9 Å². The molecule has 0 bridgehead atoms. The van der Waals surface area contributed by atoms with Crippen molar-refractivity contribution in [2.75, 3.05) is 11.9 Å². The summed E-state index contributed by atoms with van der Waals surface area (Å²) in [4.78, 5) is 23.4. The van der Waals surface area contributed by atoms with Gasteiger partial charge in [0.05, 0.1) is 5.56 Å². The summed E-state index contributed by atoms with van der Waals surface area (Å²) >= 11 is 0. The highest BCUT2D eigenvalue weighted by molar-refractivity contribution is 6.03. The molecule has 2 aromatic heterocycles. The van der Waals surface area contributed by atoms with Gasteiger partial charge < -0.3 is 10.4 Å². The maximum absolute atomic E-state index is 11.8. The molecule has 6 nitrogen and oxygen atoms in total. The number of aromatic nitrogens is 3. The summed E-state index contributed by atoms with van der Waals surface area (Å²) < 4.78 is 0. The van der Waals surface area contributed by atoms with Crippen molar-refractivity contribution in [2.24, 2.45) is 0 Å². The number of pyridine rings is 1. The van der Waals surface area contributed by atoms with Crippen LogP contribution in [0.4, 0.5) is 5.82 Å². The number of aliphatic hydroxyl groups is 1. The Morgan fingerprint density at radius 2 is 2.16 bits per heavy atom. The number of aliphatic hydroxyl groups excluding tert-OH is 1. The van der Waals surface area contributed by atoms with Gasteiger partial charge in [0, 0.05) is 24.2 Å². The van der Waals surface area contributed by atoms with E-state index in [0.717, 1.165) is 0 Å². The molecule has 0 atom stereocenters. The molecule has 0 aliphatic rings. The molecule has 2 rings (SSSR count). The predicted octanol–water partition coefficient (Wildman–Crippen LogP) is 0.468. The number of hydrogen-bond acceptors (Lipinski definition) is 5. The molecule has 6 heteroatoms. The van der Waals surface area contributed by atoms with Gasteiger partial charge in [0.15, 0.2) is 0 Å². The van der Waals surface area contributed by atoms with E-state index in [1.807, 2.05) is 0 Å². The Morgan fingerprint density at radius 1 is 1.37 bits per heavy atom. The summed E-state index contributed by atoms with van der Waals surface area (Å²) in [5, 5.41) is 11.2. The van der Waals surface area contributed by atoms with Crippen molar-refractivity contribution < 1.29 is 9.90 Å². The molecule has 0 fully saturated rings. The van der Waals surface area contributed by atoms with Crippen LogP contribution in [0.25, 0.3) is 0 Å². The summed E-state index contributed by atoms with van der Waals surface area (Å²) in [6.45, 7) is -0.217. The number of hydrogen-bond donors (Lipinski definition) is 2. The second-order valence-electron chi connectivity index (χ2n) is 3.47. The third-order valence-electron chi connectivity index (χ3n) is 2.14. The Bertz CT molecular complexity index is 632. The lowest BCUT2D eigenvalue weighted by molar-refractivity contribution is 0.102. The van der Waals surface area contributed by atoms with Crippen LogP contribution in [-0.4, -0.2) is 32.6 Å². The van der Waals surface area contributed by atoms with Crippen LogP contribution < -0.4 is 5.32 Å². The zero-order valence-electron chi connectivity index (χ0n) is 9.87. The molecule has 2 heterocycles. The van der Waals surface area contributed by atoms with Crippen LogP contribution in [0.15, 0.2) is 37.1 Å². The molecule has 0 saturated heterocycles. The van der Waals surface area contributed by atoms with Gasteiger partial charge in [0.2, 0.25) is 0 Å². The Labute approximate surface area is 109 Å². The number of nitrogens with one attached hydrogen (secondary N) is 1. The fourth-order valence-electron chi connectivity index (χ4n) is 1.32. The van der Waals surface area contributed by atoms with E-state index in [2.05, 4.69) is 32.1 Å². The molecular weight excluding hydrogens is 244 g/mol. The Morgan fingerprint density at radius 3 is 2.89 bits per heavy atom. The van der Waals surface area contributed by atoms with Crippen LogP contribution in [0.2, 0.25) is 0 Å². The minimum Gasteiger partial charge on any atom is -0.384 e. The maximum Gasteiger partial charge on any atom is 0.259 e. The second kappa shape index (κ2) is 6.23. The topological polar surface area (TPSA) is 88.0 Å². The first-order valence-electron chi connectivity index (χ1n) is 5.42. The molecule has 0 aliphatic heterocycles.